The number of ether oxygens (including phenoxy) is 1. The monoisotopic (exact) mass is 351 g/mol. The highest BCUT2D eigenvalue weighted by atomic mass is 35.5. The summed E-state index contributed by atoms with van der Waals surface area (Å²) in [4.78, 5) is 11.9. The molecule has 0 aromatic heterocycles. The number of carbonyl (C=O) groups is 1. The van der Waals surface area contributed by atoms with E-state index in [1.807, 2.05) is 24.3 Å². The predicted octanol–water partition coefficient (Wildman–Crippen LogP) is 2.58. The fraction of sp³-hybridized carbons (Fsp3) is 0.533. The van der Waals surface area contributed by atoms with Gasteiger partial charge in [0.25, 0.3) is 0 Å². The Kier molecular flexibility index (Phi) is 14.2. The molecule has 0 aliphatic heterocycles. The van der Waals surface area contributed by atoms with Gasteiger partial charge in [0.15, 0.2) is 0 Å². The Hall–Kier alpha value is -1.17. The standard InChI is InChI=1S/C15H25N3O2.2ClH/c1-3-4-7-12(10-16)18-15(19)11-17-13-8-5-6-9-14(13)20-2;;/h5-6,8-9,12,17H,3-4,7,10-11,16H2,1-2H3,(H,18,19);2*1H. The number of halogens is 2. The van der Waals surface area contributed by atoms with Crippen molar-refractivity contribution in [1.82, 2.24) is 5.32 Å². The van der Waals surface area contributed by atoms with Gasteiger partial charge in [0.2, 0.25) is 5.91 Å². The van der Waals surface area contributed by atoms with Crippen molar-refractivity contribution in [1.29, 1.82) is 0 Å². The van der Waals surface area contributed by atoms with Crippen molar-refractivity contribution in [3.05, 3.63) is 24.3 Å². The fourth-order valence-electron chi connectivity index (χ4n) is 1.94. The molecule has 0 aliphatic rings. The van der Waals surface area contributed by atoms with Crippen molar-refractivity contribution in [2.24, 2.45) is 5.73 Å². The molecule has 1 rings (SSSR count). The SMILES string of the molecule is CCCCC(CN)NC(=O)CNc1ccccc1OC.Cl.Cl. The van der Waals surface area contributed by atoms with Crippen LogP contribution in [0.1, 0.15) is 26.2 Å². The Morgan fingerprint density at radius 3 is 2.59 bits per heavy atom. The lowest BCUT2D eigenvalue weighted by molar-refractivity contribution is -0.120. The van der Waals surface area contributed by atoms with E-state index in [0.717, 1.165) is 30.7 Å². The van der Waals surface area contributed by atoms with Crippen LogP contribution in [0.2, 0.25) is 0 Å². The minimum atomic E-state index is -0.0533. The summed E-state index contributed by atoms with van der Waals surface area (Å²) in [6.45, 7) is 2.81. The van der Waals surface area contributed by atoms with E-state index in [-0.39, 0.29) is 43.3 Å². The van der Waals surface area contributed by atoms with Crippen molar-refractivity contribution in [2.45, 2.75) is 32.2 Å². The molecule has 0 saturated carbocycles. The van der Waals surface area contributed by atoms with Crippen LogP contribution < -0.4 is 21.1 Å². The zero-order chi connectivity index (χ0) is 14.8. The van der Waals surface area contributed by atoms with Crippen LogP contribution in [-0.4, -0.2) is 32.1 Å². The fourth-order valence-corrected chi connectivity index (χ4v) is 1.94. The lowest BCUT2D eigenvalue weighted by Gasteiger charge is -2.17. The Balaban J connectivity index is 0. The summed E-state index contributed by atoms with van der Waals surface area (Å²) in [6, 6.07) is 7.57. The summed E-state index contributed by atoms with van der Waals surface area (Å²) < 4.78 is 5.22. The quantitative estimate of drug-likeness (QED) is 0.639. The number of amides is 1. The van der Waals surface area contributed by atoms with Crippen LogP contribution in [0.15, 0.2) is 24.3 Å². The van der Waals surface area contributed by atoms with Crippen molar-refractivity contribution in [3.63, 3.8) is 0 Å². The molecule has 0 spiro atoms. The van der Waals surface area contributed by atoms with Gasteiger partial charge in [0.1, 0.15) is 5.75 Å². The Labute approximate surface area is 145 Å². The normalized spacial score (nSPS) is 10.7. The maximum atomic E-state index is 11.9. The number of unbranched alkanes of at least 4 members (excludes halogenated alkanes) is 1. The van der Waals surface area contributed by atoms with Crippen LogP contribution in [0.4, 0.5) is 5.69 Å². The van der Waals surface area contributed by atoms with Crippen molar-refractivity contribution >= 4 is 36.4 Å². The zero-order valence-corrected chi connectivity index (χ0v) is 14.8. The molecular weight excluding hydrogens is 325 g/mol. The van der Waals surface area contributed by atoms with Gasteiger partial charge in [-0.25, -0.2) is 0 Å². The Morgan fingerprint density at radius 1 is 1.32 bits per heavy atom. The second-order valence-electron chi connectivity index (χ2n) is 4.70. The molecule has 0 bridgehead atoms. The first-order valence-electron chi connectivity index (χ1n) is 7.07. The number of methoxy groups -OCH3 is 1. The molecule has 7 heteroatoms. The largest absolute Gasteiger partial charge is 0.495 e. The molecule has 5 nitrogen and oxygen atoms in total. The molecule has 22 heavy (non-hydrogen) atoms. The van der Waals surface area contributed by atoms with Crippen LogP contribution in [0.5, 0.6) is 5.75 Å². The van der Waals surface area contributed by atoms with Gasteiger partial charge in [-0.05, 0) is 18.6 Å². The van der Waals surface area contributed by atoms with E-state index in [1.54, 1.807) is 7.11 Å². The second kappa shape index (κ2) is 13.5. The second-order valence-corrected chi connectivity index (χ2v) is 4.70. The molecule has 0 fully saturated rings. The number of anilines is 1. The van der Waals surface area contributed by atoms with Crippen LogP contribution in [0, 0.1) is 0 Å². The van der Waals surface area contributed by atoms with E-state index in [1.165, 1.54) is 0 Å². The van der Waals surface area contributed by atoms with Gasteiger partial charge in [-0.15, -0.1) is 24.8 Å². The molecule has 1 atom stereocenters. The summed E-state index contributed by atoms with van der Waals surface area (Å²) in [5.41, 5.74) is 6.47. The van der Waals surface area contributed by atoms with E-state index < -0.39 is 0 Å². The van der Waals surface area contributed by atoms with Crippen LogP contribution in [-0.2, 0) is 4.79 Å². The van der Waals surface area contributed by atoms with Crippen molar-refractivity contribution in [3.8, 4) is 5.75 Å². The van der Waals surface area contributed by atoms with E-state index in [0.29, 0.717) is 6.54 Å². The van der Waals surface area contributed by atoms with Gasteiger partial charge >= 0.3 is 0 Å². The molecule has 1 amide bonds. The lowest BCUT2D eigenvalue weighted by Crippen LogP contribution is -2.42. The lowest BCUT2D eigenvalue weighted by atomic mass is 10.1. The summed E-state index contributed by atoms with van der Waals surface area (Å²) in [5.74, 6) is 0.670. The molecule has 0 saturated heterocycles. The maximum Gasteiger partial charge on any atom is 0.239 e. The number of benzene rings is 1. The number of rotatable bonds is 9. The number of para-hydroxylation sites is 2. The van der Waals surface area contributed by atoms with E-state index in [4.69, 9.17) is 10.5 Å². The van der Waals surface area contributed by atoms with Crippen LogP contribution in [0.3, 0.4) is 0 Å². The van der Waals surface area contributed by atoms with Gasteiger partial charge < -0.3 is 21.1 Å². The first kappa shape index (κ1) is 23.1. The van der Waals surface area contributed by atoms with E-state index in [2.05, 4.69) is 17.6 Å². The molecule has 1 aromatic rings. The molecule has 4 N–H and O–H groups in total. The van der Waals surface area contributed by atoms with Gasteiger partial charge in [-0.3, -0.25) is 4.79 Å². The summed E-state index contributed by atoms with van der Waals surface area (Å²) >= 11 is 0. The summed E-state index contributed by atoms with van der Waals surface area (Å²) in [5, 5.41) is 6.01. The molecule has 0 radical (unpaired) electrons. The number of carbonyl (C=O) groups excluding carboxylic acids is 1. The molecular formula is C15H27Cl2N3O2. The number of nitrogens with one attached hydrogen (secondary N) is 2. The molecule has 128 valence electrons. The third-order valence-electron chi connectivity index (χ3n) is 3.10. The predicted molar refractivity (Wildman–Crippen MR) is 96.5 cm³/mol. The minimum Gasteiger partial charge on any atom is -0.495 e. The average molecular weight is 352 g/mol. The van der Waals surface area contributed by atoms with Gasteiger partial charge in [-0.2, -0.15) is 0 Å². The zero-order valence-electron chi connectivity index (χ0n) is 13.1. The average Bonchev–Trinajstić information content (AvgIpc) is 2.49. The Morgan fingerprint density at radius 2 is 2.00 bits per heavy atom. The molecule has 1 aromatic carbocycles. The highest BCUT2D eigenvalue weighted by Gasteiger charge is 2.10. The third-order valence-corrected chi connectivity index (χ3v) is 3.10. The van der Waals surface area contributed by atoms with E-state index in [9.17, 15) is 4.79 Å². The highest BCUT2D eigenvalue weighted by Crippen LogP contribution is 2.22. The first-order chi connectivity index (χ1) is 9.71. The maximum absolute atomic E-state index is 11.9. The highest BCUT2D eigenvalue weighted by molar-refractivity contribution is 5.85. The van der Waals surface area contributed by atoms with Gasteiger partial charge in [0, 0.05) is 12.6 Å². The summed E-state index contributed by atoms with van der Waals surface area (Å²) in [6.07, 6.45) is 3.10. The summed E-state index contributed by atoms with van der Waals surface area (Å²) in [7, 11) is 1.61. The third kappa shape index (κ3) is 8.32. The molecule has 1 unspecified atom stereocenters. The smallest absolute Gasteiger partial charge is 0.239 e. The van der Waals surface area contributed by atoms with Crippen LogP contribution in [0.25, 0.3) is 0 Å². The minimum absolute atomic E-state index is 0. The van der Waals surface area contributed by atoms with Gasteiger partial charge in [-0.1, -0.05) is 31.9 Å². The van der Waals surface area contributed by atoms with E-state index >= 15 is 0 Å². The topological polar surface area (TPSA) is 76.4 Å². The van der Waals surface area contributed by atoms with Gasteiger partial charge in [0.05, 0.1) is 19.3 Å². The first-order valence-corrected chi connectivity index (χ1v) is 7.07. The molecule has 0 heterocycles. The van der Waals surface area contributed by atoms with Crippen molar-refractivity contribution < 1.29 is 9.53 Å². The van der Waals surface area contributed by atoms with Crippen LogP contribution >= 0.6 is 24.8 Å². The number of nitrogens with two attached hydrogens (primary N) is 1. The Bertz CT molecular complexity index is 420. The number of hydrogen-bond acceptors (Lipinski definition) is 4. The number of hydrogen-bond donors (Lipinski definition) is 3. The van der Waals surface area contributed by atoms with Crippen molar-refractivity contribution in [2.75, 3.05) is 25.5 Å². The molecule has 0 aliphatic carbocycles.